The van der Waals surface area contributed by atoms with Gasteiger partial charge in [-0.05, 0) is 25.2 Å². The van der Waals surface area contributed by atoms with Crippen LogP contribution in [0.5, 0.6) is 0 Å². The quantitative estimate of drug-likeness (QED) is 0.748. The molecule has 0 aliphatic carbocycles. The van der Waals surface area contributed by atoms with E-state index < -0.39 is 0 Å². The number of pyridine rings is 2. The van der Waals surface area contributed by atoms with Crippen LogP contribution in [0, 0.1) is 0 Å². The number of hydrogen-bond donors (Lipinski definition) is 2. The number of anilines is 1. The molecule has 4 heterocycles. The molecule has 0 aromatic carbocycles. The molecule has 2 N–H and O–H groups in total. The second-order valence-electron chi connectivity index (χ2n) is 5.79. The Labute approximate surface area is 139 Å². The zero-order valence-electron chi connectivity index (χ0n) is 13.4. The molecule has 0 saturated carbocycles. The topological polar surface area (TPSA) is 91.8 Å². The van der Waals surface area contributed by atoms with Crippen molar-refractivity contribution in [1.29, 1.82) is 0 Å². The molecule has 1 saturated heterocycles. The Hall–Kier alpha value is -2.58. The largest absolute Gasteiger partial charge is 0.378 e. The molecule has 1 atom stereocenters. The van der Waals surface area contributed by atoms with E-state index in [0.29, 0.717) is 13.2 Å². The number of fused-ring (bicyclic) bond motifs is 1. The minimum absolute atomic E-state index is 0.101. The van der Waals surface area contributed by atoms with Crippen molar-refractivity contribution in [2.45, 2.75) is 12.6 Å². The van der Waals surface area contributed by atoms with Crippen LogP contribution in [-0.2, 0) is 11.3 Å². The molecule has 124 valence electrons. The molecule has 1 fully saturated rings. The number of nitrogens with zero attached hydrogens (tertiary/aromatic N) is 5. The maximum Gasteiger partial charge on any atom is 0.170 e. The van der Waals surface area contributed by atoms with Crippen LogP contribution in [0.3, 0.4) is 0 Å². The average Bonchev–Trinajstić information content (AvgIpc) is 3.09. The van der Waals surface area contributed by atoms with Gasteiger partial charge in [-0.3, -0.25) is 15.0 Å². The summed E-state index contributed by atoms with van der Waals surface area (Å²) in [5, 5.41) is 11.6. The van der Waals surface area contributed by atoms with E-state index >= 15 is 0 Å². The van der Waals surface area contributed by atoms with Crippen LogP contribution in [0.4, 0.5) is 5.82 Å². The Morgan fingerprint density at radius 3 is 3.21 bits per heavy atom. The predicted octanol–water partition coefficient (Wildman–Crippen LogP) is 1.36. The molecule has 0 spiro atoms. The summed E-state index contributed by atoms with van der Waals surface area (Å²) in [6, 6.07) is 5.90. The molecule has 0 amide bonds. The minimum Gasteiger partial charge on any atom is -0.378 e. The third-order valence-electron chi connectivity index (χ3n) is 4.20. The van der Waals surface area contributed by atoms with Crippen LogP contribution >= 0.6 is 0 Å². The third-order valence-corrected chi connectivity index (χ3v) is 4.20. The standard InChI is InChI=1S/C16H19N7O/c1-23-7-8-24-10-13(23)16-20-14(21-22-16)9-19-15-11-3-2-5-17-12(11)4-6-18-15/h2-6,13H,7-10H2,1H3,(H,18,19)(H,20,21,22). The Morgan fingerprint density at radius 1 is 1.33 bits per heavy atom. The average molecular weight is 325 g/mol. The molecule has 0 radical (unpaired) electrons. The highest BCUT2D eigenvalue weighted by Gasteiger charge is 2.25. The number of morpholine rings is 1. The molecule has 8 heteroatoms. The summed E-state index contributed by atoms with van der Waals surface area (Å²) >= 11 is 0. The van der Waals surface area contributed by atoms with Crippen molar-refractivity contribution in [2.75, 3.05) is 32.1 Å². The van der Waals surface area contributed by atoms with Gasteiger partial charge in [-0.15, -0.1) is 0 Å². The Bertz CT molecular complexity index is 829. The highest BCUT2D eigenvalue weighted by Crippen LogP contribution is 2.20. The van der Waals surface area contributed by atoms with Crippen LogP contribution in [-0.4, -0.2) is 56.9 Å². The number of aromatic nitrogens is 5. The molecule has 1 aliphatic heterocycles. The number of aromatic amines is 1. The lowest BCUT2D eigenvalue weighted by Crippen LogP contribution is -2.37. The van der Waals surface area contributed by atoms with Gasteiger partial charge in [0.05, 0.1) is 31.3 Å². The van der Waals surface area contributed by atoms with E-state index in [1.165, 1.54) is 0 Å². The number of H-pyrrole nitrogens is 1. The molecule has 24 heavy (non-hydrogen) atoms. The van der Waals surface area contributed by atoms with Crippen molar-refractivity contribution in [3.8, 4) is 0 Å². The number of nitrogens with one attached hydrogen (secondary N) is 2. The van der Waals surface area contributed by atoms with Crippen molar-refractivity contribution in [3.63, 3.8) is 0 Å². The van der Waals surface area contributed by atoms with Crippen molar-refractivity contribution in [3.05, 3.63) is 42.2 Å². The SMILES string of the molecule is CN1CCOCC1c1n[nH]c(CNc2nccc3ncccc23)n1. The van der Waals surface area contributed by atoms with E-state index in [1.54, 1.807) is 12.4 Å². The summed E-state index contributed by atoms with van der Waals surface area (Å²) in [6.45, 7) is 2.79. The number of ether oxygens (including phenoxy) is 1. The van der Waals surface area contributed by atoms with Gasteiger partial charge in [0.15, 0.2) is 5.82 Å². The van der Waals surface area contributed by atoms with Gasteiger partial charge in [-0.2, -0.15) is 5.10 Å². The molecule has 3 aromatic heterocycles. The Morgan fingerprint density at radius 2 is 2.29 bits per heavy atom. The highest BCUT2D eigenvalue weighted by molar-refractivity contribution is 5.88. The molecular weight excluding hydrogens is 306 g/mol. The summed E-state index contributed by atoms with van der Waals surface area (Å²) in [7, 11) is 2.06. The van der Waals surface area contributed by atoms with E-state index in [-0.39, 0.29) is 6.04 Å². The summed E-state index contributed by atoms with van der Waals surface area (Å²) in [5.41, 5.74) is 0.911. The highest BCUT2D eigenvalue weighted by atomic mass is 16.5. The van der Waals surface area contributed by atoms with E-state index in [4.69, 9.17) is 4.74 Å². The number of rotatable bonds is 4. The van der Waals surface area contributed by atoms with Crippen LogP contribution in [0.25, 0.3) is 10.9 Å². The van der Waals surface area contributed by atoms with Gasteiger partial charge < -0.3 is 10.1 Å². The van der Waals surface area contributed by atoms with Gasteiger partial charge in [-0.25, -0.2) is 9.97 Å². The fraction of sp³-hybridized carbons (Fsp3) is 0.375. The molecule has 0 bridgehead atoms. The Balaban J connectivity index is 1.48. The number of hydrogen-bond acceptors (Lipinski definition) is 7. The van der Waals surface area contributed by atoms with Crippen molar-refractivity contribution in [1.82, 2.24) is 30.0 Å². The fourth-order valence-corrected chi connectivity index (χ4v) is 2.81. The summed E-state index contributed by atoms with van der Waals surface area (Å²) in [4.78, 5) is 15.5. The second kappa shape index (κ2) is 6.50. The molecule has 4 rings (SSSR count). The summed E-state index contributed by atoms with van der Waals surface area (Å²) in [6.07, 6.45) is 3.52. The van der Waals surface area contributed by atoms with Crippen molar-refractivity contribution in [2.24, 2.45) is 0 Å². The van der Waals surface area contributed by atoms with E-state index in [2.05, 4.69) is 42.4 Å². The smallest absolute Gasteiger partial charge is 0.170 e. The maximum absolute atomic E-state index is 5.53. The third kappa shape index (κ3) is 2.93. The van der Waals surface area contributed by atoms with Gasteiger partial charge in [0.2, 0.25) is 0 Å². The van der Waals surface area contributed by atoms with Crippen LogP contribution in [0.2, 0.25) is 0 Å². The molecule has 1 aliphatic rings. The lowest BCUT2D eigenvalue weighted by Gasteiger charge is -2.30. The molecule has 1 unspecified atom stereocenters. The van der Waals surface area contributed by atoms with Gasteiger partial charge in [0.25, 0.3) is 0 Å². The van der Waals surface area contributed by atoms with Crippen molar-refractivity contribution >= 4 is 16.7 Å². The predicted molar refractivity (Wildman–Crippen MR) is 89.4 cm³/mol. The maximum atomic E-state index is 5.53. The first kappa shape index (κ1) is 15.0. The van der Waals surface area contributed by atoms with E-state index in [0.717, 1.165) is 41.5 Å². The monoisotopic (exact) mass is 325 g/mol. The van der Waals surface area contributed by atoms with E-state index in [9.17, 15) is 0 Å². The van der Waals surface area contributed by atoms with Gasteiger partial charge in [0.1, 0.15) is 11.6 Å². The van der Waals surface area contributed by atoms with E-state index in [1.807, 2.05) is 18.2 Å². The van der Waals surface area contributed by atoms with Crippen LogP contribution in [0.15, 0.2) is 30.6 Å². The molecular formula is C16H19N7O. The zero-order chi connectivity index (χ0) is 16.4. The van der Waals surface area contributed by atoms with Gasteiger partial charge in [0, 0.05) is 24.3 Å². The first-order valence-electron chi connectivity index (χ1n) is 7.94. The normalized spacial score (nSPS) is 18.8. The van der Waals surface area contributed by atoms with Gasteiger partial charge >= 0.3 is 0 Å². The molecule has 3 aromatic rings. The first-order chi connectivity index (χ1) is 11.8. The fourth-order valence-electron chi connectivity index (χ4n) is 2.81. The Kier molecular flexibility index (Phi) is 4.06. The first-order valence-corrected chi connectivity index (χ1v) is 7.94. The van der Waals surface area contributed by atoms with Crippen LogP contribution < -0.4 is 5.32 Å². The lowest BCUT2D eigenvalue weighted by atomic mass is 10.2. The summed E-state index contributed by atoms with van der Waals surface area (Å²) in [5.74, 6) is 2.32. The van der Waals surface area contributed by atoms with Crippen LogP contribution in [0.1, 0.15) is 17.7 Å². The number of likely N-dealkylation sites (N-methyl/N-ethyl adjacent to an activating group) is 1. The summed E-state index contributed by atoms with van der Waals surface area (Å²) < 4.78 is 5.53. The second-order valence-corrected chi connectivity index (χ2v) is 5.79. The lowest BCUT2D eigenvalue weighted by molar-refractivity contribution is 0.00194. The molecule has 8 nitrogen and oxygen atoms in total. The zero-order valence-corrected chi connectivity index (χ0v) is 13.4. The van der Waals surface area contributed by atoms with Gasteiger partial charge in [-0.1, -0.05) is 0 Å². The minimum atomic E-state index is 0.101. The van der Waals surface area contributed by atoms with Crippen molar-refractivity contribution < 1.29 is 4.74 Å².